The fraction of sp³-hybridized carbons (Fsp3) is 0.250. The maximum absolute atomic E-state index is 13.5. The summed E-state index contributed by atoms with van der Waals surface area (Å²) in [7, 11) is 0. The molecule has 1 heterocycles. The zero-order valence-corrected chi connectivity index (χ0v) is 15.8. The van der Waals surface area contributed by atoms with E-state index in [9.17, 15) is 31.5 Å². The zero-order chi connectivity index (χ0) is 22.3. The van der Waals surface area contributed by atoms with E-state index in [2.05, 4.69) is 10.4 Å². The molecule has 1 N–H and O–H groups in total. The highest BCUT2D eigenvalue weighted by atomic mass is 19.4. The Morgan fingerprint density at radius 1 is 1.03 bits per heavy atom. The number of nitrogens with one attached hydrogen (secondary N) is 1. The molecule has 1 aliphatic heterocycles. The van der Waals surface area contributed by atoms with Crippen LogP contribution in [-0.4, -0.2) is 17.5 Å². The third-order valence-corrected chi connectivity index (χ3v) is 4.45. The van der Waals surface area contributed by atoms with E-state index < -0.39 is 35.4 Å². The van der Waals surface area contributed by atoms with Crippen LogP contribution in [0.25, 0.3) is 0 Å². The second-order valence-electron chi connectivity index (χ2n) is 6.83. The highest BCUT2D eigenvalue weighted by molar-refractivity contribution is 6.28. The van der Waals surface area contributed by atoms with Crippen LogP contribution >= 0.6 is 0 Å². The van der Waals surface area contributed by atoms with E-state index in [4.69, 9.17) is 0 Å². The van der Waals surface area contributed by atoms with Gasteiger partial charge >= 0.3 is 6.18 Å². The van der Waals surface area contributed by atoms with Crippen LogP contribution in [0.2, 0.25) is 0 Å². The number of rotatable bonds is 4. The molecule has 1 aliphatic rings. The Morgan fingerprint density at radius 3 is 2.30 bits per heavy atom. The molecular weight excluding hydrogens is 409 g/mol. The van der Waals surface area contributed by atoms with E-state index in [0.717, 1.165) is 29.3 Å². The number of anilines is 2. The second-order valence-corrected chi connectivity index (χ2v) is 6.83. The molecule has 2 aromatic carbocycles. The van der Waals surface area contributed by atoms with Gasteiger partial charge in [-0.05, 0) is 37.3 Å². The summed E-state index contributed by atoms with van der Waals surface area (Å²) in [4.78, 5) is 25.3. The van der Waals surface area contributed by atoms with Gasteiger partial charge in [0.05, 0.1) is 17.0 Å². The second kappa shape index (κ2) is 7.51. The van der Waals surface area contributed by atoms with Crippen LogP contribution in [0.15, 0.2) is 53.6 Å². The minimum Gasteiger partial charge on any atom is -0.325 e. The molecule has 0 saturated carbocycles. The lowest BCUT2D eigenvalue weighted by molar-refractivity contribution is -0.137. The van der Waals surface area contributed by atoms with Crippen LogP contribution in [0.3, 0.4) is 0 Å². The van der Waals surface area contributed by atoms with Gasteiger partial charge in [0.15, 0.2) is 5.92 Å². The summed E-state index contributed by atoms with van der Waals surface area (Å²) < 4.78 is 65.8. The number of carbonyl (C=O) groups is 2. The molecule has 0 aliphatic carbocycles. The largest absolute Gasteiger partial charge is 0.416 e. The predicted molar refractivity (Wildman–Crippen MR) is 100 cm³/mol. The standard InChI is InChI=1S/C20H16F5N3O2/c1-11-16(17(29)26-14-7-3-5-12(9-14)19(2,21)22)18(30)28(27-11)15-8-4-6-13(10-15)20(23,24)25/h3-10,16H,1-2H3,(H,26,29). The van der Waals surface area contributed by atoms with E-state index >= 15 is 0 Å². The topological polar surface area (TPSA) is 61.8 Å². The SMILES string of the molecule is CC1=NN(c2cccc(C(F)(F)F)c2)C(=O)C1C(=O)Nc1cccc(C(C)(F)F)c1. The van der Waals surface area contributed by atoms with Crippen LogP contribution in [-0.2, 0) is 21.7 Å². The van der Waals surface area contributed by atoms with Crippen molar-refractivity contribution < 1.29 is 31.5 Å². The van der Waals surface area contributed by atoms with Gasteiger partial charge in [-0.1, -0.05) is 18.2 Å². The summed E-state index contributed by atoms with van der Waals surface area (Å²) >= 11 is 0. The van der Waals surface area contributed by atoms with Gasteiger partial charge in [-0.3, -0.25) is 9.59 Å². The fourth-order valence-corrected chi connectivity index (χ4v) is 2.95. The van der Waals surface area contributed by atoms with E-state index in [-0.39, 0.29) is 22.6 Å². The highest BCUT2D eigenvalue weighted by Crippen LogP contribution is 2.33. The molecular formula is C20H16F5N3O2. The third-order valence-electron chi connectivity index (χ3n) is 4.45. The minimum absolute atomic E-state index is 0.0529. The van der Waals surface area contributed by atoms with Crippen LogP contribution in [0.5, 0.6) is 0 Å². The molecule has 0 spiro atoms. The Bertz CT molecular complexity index is 1030. The van der Waals surface area contributed by atoms with Crippen molar-refractivity contribution in [1.29, 1.82) is 0 Å². The van der Waals surface area contributed by atoms with Gasteiger partial charge in [0, 0.05) is 18.2 Å². The number of hydrogen-bond acceptors (Lipinski definition) is 3. The molecule has 2 amide bonds. The molecule has 3 rings (SSSR count). The molecule has 10 heteroatoms. The average Bonchev–Trinajstić information content (AvgIpc) is 2.95. The Morgan fingerprint density at radius 2 is 1.67 bits per heavy atom. The van der Waals surface area contributed by atoms with Crippen molar-refractivity contribution >= 4 is 28.9 Å². The van der Waals surface area contributed by atoms with E-state index in [1.807, 2.05) is 0 Å². The van der Waals surface area contributed by atoms with Crippen LogP contribution in [0, 0.1) is 5.92 Å². The number of nitrogens with zero attached hydrogens (tertiary/aromatic N) is 2. The number of alkyl halides is 5. The monoisotopic (exact) mass is 425 g/mol. The number of benzene rings is 2. The normalized spacial score (nSPS) is 17.2. The molecule has 30 heavy (non-hydrogen) atoms. The lowest BCUT2D eigenvalue weighted by atomic mass is 10.0. The lowest BCUT2D eigenvalue weighted by Crippen LogP contribution is -2.36. The van der Waals surface area contributed by atoms with Crippen LogP contribution < -0.4 is 10.3 Å². The first-order valence-corrected chi connectivity index (χ1v) is 8.73. The zero-order valence-electron chi connectivity index (χ0n) is 15.8. The maximum atomic E-state index is 13.5. The third kappa shape index (κ3) is 4.32. The van der Waals surface area contributed by atoms with Crippen molar-refractivity contribution in [2.24, 2.45) is 11.0 Å². The summed E-state index contributed by atoms with van der Waals surface area (Å²) in [5.41, 5.74) is -1.32. The Balaban J connectivity index is 1.82. The number of carbonyl (C=O) groups excluding carboxylic acids is 2. The van der Waals surface area contributed by atoms with E-state index in [1.165, 1.54) is 31.2 Å². The molecule has 158 valence electrons. The quantitative estimate of drug-likeness (QED) is 0.565. The molecule has 0 saturated heterocycles. The van der Waals surface area contributed by atoms with Gasteiger partial charge in [0.2, 0.25) is 5.91 Å². The average molecular weight is 425 g/mol. The lowest BCUT2D eigenvalue weighted by Gasteiger charge is -2.16. The molecule has 0 radical (unpaired) electrons. The molecule has 0 bridgehead atoms. The van der Waals surface area contributed by atoms with Crippen LogP contribution in [0.4, 0.5) is 33.3 Å². The molecule has 0 fully saturated rings. The van der Waals surface area contributed by atoms with E-state index in [0.29, 0.717) is 6.92 Å². The van der Waals surface area contributed by atoms with Crippen molar-refractivity contribution in [3.8, 4) is 0 Å². The van der Waals surface area contributed by atoms with Crippen molar-refractivity contribution in [2.75, 3.05) is 10.3 Å². The first kappa shape index (κ1) is 21.4. The molecule has 0 aromatic heterocycles. The highest BCUT2D eigenvalue weighted by Gasteiger charge is 2.40. The Hall–Kier alpha value is -3.30. The summed E-state index contributed by atoms with van der Waals surface area (Å²) in [6, 6.07) is 8.96. The Kier molecular flexibility index (Phi) is 5.36. The summed E-state index contributed by atoms with van der Waals surface area (Å²) in [5.74, 6) is -6.19. The van der Waals surface area contributed by atoms with Gasteiger partial charge in [-0.2, -0.15) is 23.3 Å². The summed E-state index contributed by atoms with van der Waals surface area (Å²) in [5, 5.41) is 7.03. The van der Waals surface area contributed by atoms with Gasteiger partial charge in [0.1, 0.15) is 0 Å². The molecule has 2 aromatic rings. The first-order valence-electron chi connectivity index (χ1n) is 8.73. The molecule has 5 nitrogen and oxygen atoms in total. The number of hydrazone groups is 1. The molecule has 1 unspecified atom stereocenters. The number of halogens is 5. The van der Waals surface area contributed by atoms with Gasteiger partial charge in [0.25, 0.3) is 11.8 Å². The maximum Gasteiger partial charge on any atom is 0.416 e. The number of hydrogen-bond donors (Lipinski definition) is 1. The summed E-state index contributed by atoms with van der Waals surface area (Å²) in [6.07, 6.45) is -4.61. The van der Waals surface area contributed by atoms with E-state index in [1.54, 1.807) is 0 Å². The number of amides is 2. The first-order chi connectivity index (χ1) is 13.9. The summed E-state index contributed by atoms with van der Waals surface area (Å²) in [6.45, 7) is 2.09. The Labute approximate surface area is 168 Å². The predicted octanol–water partition coefficient (Wildman–Crippen LogP) is 4.79. The van der Waals surface area contributed by atoms with Gasteiger partial charge < -0.3 is 5.32 Å². The smallest absolute Gasteiger partial charge is 0.325 e. The minimum atomic E-state index is -4.61. The van der Waals surface area contributed by atoms with Crippen molar-refractivity contribution in [1.82, 2.24) is 0 Å². The molecule has 1 atom stereocenters. The van der Waals surface area contributed by atoms with Crippen LogP contribution in [0.1, 0.15) is 25.0 Å². The van der Waals surface area contributed by atoms with Gasteiger partial charge in [-0.15, -0.1) is 0 Å². The fourth-order valence-electron chi connectivity index (χ4n) is 2.95. The van der Waals surface area contributed by atoms with Crippen molar-refractivity contribution in [3.05, 3.63) is 59.7 Å². The van der Waals surface area contributed by atoms with Crippen molar-refractivity contribution in [2.45, 2.75) is 25.9 Å². The van der Waals surface area contributed by atoms with Gasteiger partial charge in [-0.25, -0.2) is 8.78 Å². The van der Waals surface area contributed by atoms with Crippen molar-refractivity contribution in [3.63, 3.8) is 0 Å².